The van der Waals surface area contributed by atoms with Gasteiger partial charge in [0.05, 0.1) is 0 Å². The van der Waals surface area contributed by atoms with Gasteiger partial charge < -0.3 is 0 Å². The van der Waals surface area contributed by atoms with Gasteiger partial charge in [0.2, 0.25) is 0 Å². The van der Waals surface area contributed by atoms with Crippen LogP contribution in [-0.2, 0) is 6.42 Å². The van der Waals surface area contributed by atoms with E-state index in [-0.39, 0.29) is 5.78 Å². The topological polar surface area (TPSA) is 17.1 Å². The van der Waals surface area contributed by atoms with E-state index in [2.05, 4.69) is 13.0 Å². The summed E-state index contributed by atoms with van der Waals surface area (Å²) >= 11 is 0. The molecule has 1 heteroatoms. The van der Waals surface area contributed by atoms with Crippen LogP contribution in [0, 0.1) is 0 Å². The van der Waals surface area contributed by atoms with E-state index in [1.54, 1.807) is 0 Å². The van der Waals surface area contributed by atoms with Crippen molar-refractivity contribution >= 4 is 5.78 Å². The van der Waals surface area contributed by atoms with Crippen molar-refractivity contribution in [3.63, 3.8) is 0 Å². The molecule has 1 aromatic rings. The lowest BCUT2D eigenvalue weighted by Gasteiger charge is -2.20. The molecule has 0 aromatic heterocycles. The molecule has 0 saturated heterocycles. The Morgan fingerprint density at radius 2 is 1.94 bits per heavy atom. The van der Waals surface area contributed by atoms with Crippen LogP contribution in [0.3, 0.4) is 0 Å². The molecule has 0 aliphatic heterocycles. The molecule has 2 rings (SSSR count). The summed E-state index contributed by atoms with van der Waals surface area (Å²) in [6.45, 7) is 4.20. The van der Waals surface area contributed by atoms with E-state index in [0.717, 1.165) is 24.0 Å². The van der Waals surface area contributed by atoms with Crippen molar-refractivity contribution in [2.75, 3.05) is 0 Å². The van der Waals surface area contributed by atoms with Crippen LogP contribution in [0.1, 0.15) is 55.5 Å². The van der Waals surface area contributed by atoms with E-state index in [1.807, 2.05) is 25.1 Å². The van der Waals surface area contributed by atoms with Crippen LogP contribution in [0.4, 0.5) is 0 Å². The van der Waals surface area contributed by atoms with Gasteiger partial charge in [-0.05, 0) is 37.3 Å². The average molecular weight is 228 g/mol. The lowest BCUT2D eigenvalue weighted by Crippen LogP contribution is -2.14. The van der Waals surface area contributed by atoms with Gasteiger partial charge in [-0.15, -0.1) is 0 Å². The minimum Gasteiger partial charge on any atom is -0.289 e. The largest absolute Gasteiger partial charge is 0.289 e. The SMILES string of the molecule is CCCCCC1=C(C)C(=O)c2ccccc2C1. The van der Waals surface area contributed by atoms with Gasteiger partial charge in [0.1, 0.15) is 0 Å². The van der Waals surface area contributed by atoms with E-state index in [9.17, 15) is 4.79 Å². The van der Waals surface area contributed by atoms with Crippen molar-refractivity contribution in [1.82, 2.24) is 0 Å². The molecule has 1 nitrogen and oxygen atoms in total. The standard InChI is InChI=1S/C16H20O/c1-3-4-5-8-13-11-14-9-6-7-10-15(14)16(17)12(13)2/h6-7,9-10H,3-5,8,11H2,1-2H3. The Morgan fingerprint density at radius 1 is 1.18 bits per heavy atom. The van der Waals surface area contributed by atoms with Crippen LogP contribution < -0.4 is 0 Å². The van der Waals surface area contributed by atoms with Gasteiger partial charge in [-0.1, -0.05) is 49.6 Å². The number of Topliss-reactive ketones (excluding diaryl/α,β-unsaturated/α-hetero) is 1. The number of hydrogen-bond acceptors (Lipinski definition) is 1. The minimum absolute atomic E-state index is 0.235. The highest BCUT2D eigenvalue weighted by molar-refractivity contribution is 6.11. The summed E-state index contributed by atoms with van der Waals surface area (Å²) in [7, 11) is 0. The van der Waals surface area contributed by atoms with E-state index in [0.29, 0.717) is 0 Å². The quantitative estimate of drug-likeness (QED) is 0.701. The third-order valence-corrected chi connectivity index (χ3v) is 3.62. The first kappa shape index (κ1) is 12.1. The Morgan fingerprint density at radius 3 is 2.71 bits per heavy atom. The van der Waals surface area contributed by atoms with Gasteiger partial charge in [-0.25, -0.2) is 0 Å². The summed E-state index contributed by atoms with van der Waals surface area (Å²) in [5, 5.41) is 0. The molecule has 0 fully saturated rings. The van der Waals surface area contributed by atoms with Crippen molar-refractivity contribution in [3.05, 3.63) is 46.5 Å². The maximum absolute atomic E-state index is 12.2. The van der Waals surface area contributed by atoms with Crippen LogP contribution in [0.15, 0.2) is 35.4 Å². The fourth-order valence-electron chi connectivity index (χ4n) is 2.49. The van der Waals surface area contributed by atoms with Crippen LogP contribution in [0.2, 0.25) is 0 Å². The van der Waals surface area contributed by atoms with Crippen molar-refractivity contribution in [2.24, 2.45) is 0 Å². The zero-order valence-electron chi connectivity index (χ0n) is 10.8. The summed E-state index contributed by atoms with van der Waals surface area (Å²) in [6.07, 6.45) is 5.75. The van der Waals surface area contributed by atoms with Gasteiger partial charge in [-0.3, -0.25) is 4.79 Å². The van der Waals surface area contributed by atoms with Crippen molar-refractivity contribution in [3.8, 4) is 0 Å². The lowest BCUT2D eigenvalue weighted by atomic mass is 9.84. The van der Waals surface area contributed by atoms with Gasteiger partial charge in [0, 0.05) is 5.56 Å². The minimum atomic E-state index is 0.235. The predicted molar refractivity (Wildman–Crippen MR) is 71.3 cm³/mol. The highest BCUT2D eigenvalue weighted by Gasteiger charge is 2.21. The highest BCUT2D eigenvalue weighted by atomic mass is 16.1. The Kier molecular flexibility index (Phi) is 3.78. The van der Waals surface area contributed by atoms with Crippen LogP contribution in [-0.4, -0.2) is 5.78 Å². The summed E-state index contributed by atoms with van der Waals surface area (Å²) in [5.41, 5.74) is 4.45. The third-order valence-electron chi connectivity index (χ3n) is 3.62. The molecule has 0 saturated carbocycles. The maximum atomic E-state index is 12.2. The molecule has 0 amide bonds. The van der Waals surface area contributed by atoms with Crippen molar-refractivity contribution < 1.29 is 4.79 Å². The van der Waals surface area contributed by atoms with Crippen molar-refractivity contribution in [2.45, 2.75) is 46.0 Å². The van der Waals surface area contributed by atoms with Crippen LogP contribution >= 0.6 is 0 Å². The molecule has 17 heavy (non-hydrogen) atoms. The van der Waals surface area contributed by atoms with Gasteiger partial charge in [0.15, 0.2) is 5.78 Å². The Balaban J connectivity index is 2.19. The number of allylic oxidation sites excluding steroid dienone is 2. The molecule has 0 bridgehead atoms. The zero-order valence-corrected chi connectivity index (χ0v) is 10.8. The summed E-state index contributed by atoms with van der Waals surface area (Å²) in [5.74, 6) is 0.235. The monoisotopic (exact) mass is 228 g/mol. The molecule has 0 spiro atoms. The second-order valence-electron chi connectivity index (χ2n) is 4.85. The zero-order chi connectivity index (χ0) is 12.3. The first-order valence-electron chi connectivity index (χ1n) is 6.55. The smallest absolute Gasteiger partial charge is 0.188 e. The number of carbonyl (C=O) groups is 1. The second-order valence-corrected chi connectivity index (χ2v) is 4.85. The number of fused-ring (bicyclic) bond motifs is 1. The number of unbranched alkanes of at least 4 members (excludes halogenated alkanes) is 2. The first-order chi connectivity index (χ1) is 8.24. The predicted octanol–water partition coefficient (Wildman–Crippen LogP) is 4.32. The van der Waals surface area contributed by atoms with Gasteiger partial charge in [-0.2, -0.15) is 0 Å². The molecule has 0 N–H and O–H groups in total. The average Bonchev–Trinajstić information content (AvgIpc) is 2.35. The van der Waals surface area contributed by atoms with Gasteiger partial charge in [0.25, 0.3) is 0 Å². The lowest BCUT2D eigenvalue weighted by molar-refractivity contribution is 0.102. The van der Waals surface area contributed by atoms with E-state index in [1.165, 1.54) is 30.4 Å². The molecule has 90 valence electrons. The fraction of sp³-hybridized carbons (Fsp3) is 0.438. The Hall–Kier alpha value is -1.37. The molecule has 1 aromatic carbocycles. The molecule has 0 atom stereocenters. The van der Waals surface area contributed by atoms with E-state index < -0.39 is 0 Å². The number of carbonyl (C=O) groups excluding carboxylic acids is 1. The molecule has 0 radical (unpaired) electrons. The number of hydrogen-bond donors (Lipinski definition) is 0. The van der Waals surface area contributed by atoms with E-state index in [4.69, 9.17) is 0 Å². The Labute approximate surface area is 104 Å². The first-order valence-corrected chi connectivity index (χ1v) is 6.55. The summed E-state index contributed by atoms with van der Waals surface area (Å²) in [6, 6.07) is 8.01. The highest BCUT2D eigenvalue weighted by Crippen LogP contribution is 2.28. The second kappa shape index (κ2) is 5.31. The van der Waals surface area contributed by atoms with Crippen molar-refractivity contribution in [1.29, 1.82) is 0 Å². The third kappa shape index (κ3) is 2.49. The number of benzene rings is 1. The molecule has 1 aliphatic carbocycles. The number of rotatable bonds is 4. The molecule has 0 unspecified atom stereocenters. The number of ketones is 1. The fourth-order valence-corrected chi connectivity index (χ4v) is 2.49. The summed E-state index contributed by atoms with van der Waals surface area (Å²) in [4.78, 5) is 12.2. The van der Waals surface area contributed by atoms with Gasteiger partial charge >= 0.3 is 0 Å². The van der Waals surface area contributed by atoms with Crippen LogP contribution in [0.5, 0.6) is 0 Å². The van der Waals surface area contributed by atoms with Crippen LogP contribution in [0.25, 0.3) is 0 Å². The summed E-state index contributed by atoms with van der Waals surface area (Å²) < 4.78 is 0. The molecular formula is C16H20O. The van der Waals surface area contributed by atoms with E-state index >= 15 is 0 Å². The maximum Gasteiger partial charge on any atom is 0.188 e. The normalized spacial score (nSPS) is 15.1. The molecule has 1 aliphatic rings. The Bertz CT molecular complexity index is 454. The molecular weight excluding hydrogens is 208 g/mol. The molecule has 0 heterocycles.